The highest BCUT2D eigenvalue weighted by Crippen LogP contribution is 2.27. The predicted molar refractivity (Wildman–Crippen MR) is 76.0 cm³/mol. The van der Waals surface area contributed by atoms with Gasteiger partial charge in [-0.05, 0) is 30.3 Å². The maximum atomic E-state index is 11.6. The molecule has 0 atom stereocenters. The zero-order valence-electron chi connectivity index (χ0n) is 10.5. The first-order chi connectivity index (χ1) is 9.50. The molecular formula is C14H13N3O3. The maximum Gasteiger partial charge on any atom is 0.337 e. The third kappa shape index (κ3) is 2.54. The number of rotatable bonds is 3. The van der Waals surface area contributed by atoms with Gasteiger partial charge in [-0.15, -0.1) is 0 Å². The Morgan fingerprint density at radius 3 is 2.20 bits per heavy atom. The second kappa shape index (κ2) is 5.31. The molecule has 0 aromatic heterocycles. The molecule has 0 aliphatic rings. The summed E-state index contributed by atoms with van der Waals surface area (Å²) in [6.07, 6.45) is 0. The average molecular weight is 271 g/mol. The van der Waals surface area contributed by atoms with Crippen LogP contribution < -0.4 is 16.4 Å². The Hall–Kier alpha value is -3.02. The fourth-order valence-corrected chi connectivity index (χ4v) is 1.85. The molecule has 0 bridgehead atoms. The number of carbonyl (C=O) groups is 2. The van der Waals surface area contributed by atoms with Crippen molar-refractivity contribution in [1.82, 2.24) is 0 Å². The number of nitrogen functional groups attached to an aromatic ring is 1. The van der Waals surface area contributed by atoms with E-state index in [1.54, 1.807) is 36.4 Å². The van der Waals surface area contributed by atoms with Gasteiger partial charge in [0.15, 0.2) is 0 Å². The van der Waals surface area contributed by atoms with E-state index in [9.17, 15) is 9.59 Å². The van der Waals surface area contributed by atoms with Crippen molar-refractivity contribution in [1.29, 1.82) is 0 Å². The Bertz CT molecular complexity index is 656. The van der Waals surface area contributed by atoms with Gasteiger partial charge >= 0.3 is 12.0 Å². The van der Waals surface area contributed by atoms with Crippen LogP contribution in [-0.4, -0.2) is 17.1 Å². The summed E-state index contributed by atoms with van der Waals surface area (Å²) < 4.78 is 0. The lowest BCUT2D eigenvalue weighted by Gasteiger charge is -2.21. The van der Waals surface area contributed by atoms with E-state index < -0.39 is 12.0 Å². The predicted octanol–water partition coefficient (Wildman–Crippen LogP) is 2.18. The van der Waals surface area contributed by atoms with Crippen LogP contribution >= 0.6 is 0 Å². The standard InChI is InChI=1S/C14H13N3O3/c15-12-7-6-10(8-11(12)13(18)19)17(14(16)20)9-4-2-1-3-5-9/h1-8H,15H2,(H2,16,20)(H,18,19). The largest absolute Gasteiger partial charge is 0.478 e. The molecule has 102 valence electrons. The van der Waals surface area contributed by atoms with Gasteiger partial charge in [0.2, 0.25) is 0 Å². The van der Waals surface area contributed by atoms with Gasteiger partial charge in [0.25, 0.3) is 0 Å². The van der Waals surface area contributed by atoms with E-state index in [2.05, 4.69) is 0 Å². The van der Waals surface area contributed by atoms with Crippen LogP contribution in [0.5, 0.6) is 0 Å². The van der Waals surface area contributed by atoms with Crippen molar-refractivity contribution in [3.8, 4) is 0 Å². The summed E-state index contributed by atoms with van der Waals surface area (Å²) in [5.41, 5.74) is 11.9. The molecule has 20 heavy (non-hydrogen) atoms. The summed E-state index contributed by atoms with van der Waals surface area (Å²) in [6, 6.07) is 12.3. The lowest BCUT2D eigenvalue weighted by molar-refractivity contribution is 0.0698. The molecule has 2 rings (SSSR count). The molecule has 2 amide bonds. The zero-order chi connectivity index (χ0) is 14.7. The highest BCUT2D eigenvalue weighted by atomic mass is 16.4. The van der Waals surface area contributed by atoms with Crippen molar-refractivity contribution in [2.75, 3.05) is 10.6 Å². The van der Waals surface area contributed by atoms with Crippen LogP contribution in [0.2, 0.25) is 0 Å². The van der Waals surface area contributed by atoms with Crippen LogP contribution in [0.25, 0.3) is 0 Å². The first-order valence-electron chi connectivity index (χ1n) is 5.78. The first-order valence-corrected chi connectivity index (χ1v) is 5.78. The van der Waals surface area contributed by atoms with E-state index in [-0.39, 0.29) is 11.3 Å². The molecule has 0 saturated heterocycles. The first kappa shape index (κ1) is 13.4. The molecular weight excluding hydrogens is 258 g/mol. The van der Waals surface area contributed by atoms with Crippen LogP contribution in [0.1, 0.15) is 10.4 Å². The van der Waals surface area contributed by atoms with Crippen molar-refractivity contribution in [2.45, 2.75) is 0 Å². The van der Waals surface area contributed by atoms with E-state index in [1.165, 1.54) is 17.0 Å². The normalized spacial score (nSPS) is 10.0. The minimum atomic E-state index is -1.16. The smallest absolute Gasteiger partial charge is 0.337 e. The van der Waals surface area contributed by atoms with E-state index in [4.69, 9.17) is 16.6 Å². The number of para-hydroxylation sites is 1. The van der Waals surface area contributed by atoms with E-state index in [0.29, 0.717) is 11.4 Å². The molecule has 0 aliphatic carbocycles. The SMILES string of the molecule is NC(=O)N(c1ccccc1)c1ccc(N)c(C(=O)O)c1. The molecule has 2 aromatic rings. The summed E-state index contributed by atoms with van der Waals surface area (Å²) >= 11 is 0. The lowest BCUT2D eigenvalue weighted by Crippen LogP contribution is -2.31. The fourth-order valence-electron chi connectivity index (χ4n) is 1.85. The summed E-state index contributed by atoms with van der Waals surface area (Å²) in [5, 5.41) is 9.07. The Labute approximate surface area is 115 Å². The molecule has 0 heterocycles. The van der Waals surface area contributed by atoms with Gasteiger partial charge in [-0.2, -0.15) is 0 Å². The zero-order valence-corrected chi connectivity index (χ0v) is 10.5. The van der Waals surface area contributed by atoms with Crippen molar-refractivity contribution < 1.29 is 14.7 Å². The molecule has 0 unspecified atom stereocenters. The third-order valence-electron chi connectivity index (χ3n) is 2.76. The molecule has 0 fully saturated rings. The number of nitrogens with two attached hydrogens (primary N) is 2. The number of hydrogen-bond acceptors (Lipinski definition) is 3. The number of anilines is 3. The molecule has 5 N–H and O–H groups in total. The molecule has 0 aliphatic heterocycles. The number of amides is 2. The number of nitrogens with zero attached hydrogens (tertiary/aromatic N) is 1. The third-order valence-corrected chi connectivity index (χ3v) is 2.76. The number of aromatic carboxylic acids is 1. The minimum absolute atomic E-state index is 0.0790. The Morgan fingerprint density at radius 1 is 1.00 bits per heavy atom. The number of benzene rings is 2. The number of primary amides is 1. The second-order valence-corrected chi connectivity index (χ2v) is 4.09. The lowest BCUT2D eigenvalue weighted by atomic mass is 10.1. The molecule has 0 radical (unpaired) electrons. The van der Waals surface area contributed by atoms with Gasteiger partial charge in [-0.3, -0.25) is 4.90 Å². The molecule has 0 saturated carbocycles. The highest BCUT2D eigenvalue weighted by molar-refractivity contribution is 6.01. The number of carboxylic acids is 1. The van der Waals surface area contributed by atoms with Gasteiger partial charge in [-0.25, -0.2) is 9.59 Å². The van der Waals surface area contributed by atoms with Crippen LogP contribution in [0, 0.1) is 0 Å². The van der Waals surface area contributed by atoms with Crippen molar-refractivity contribution >= 4 is 29.1 Å². The molecule has 6 heteroatoms. The molecule has 2 aromatic carbocycles. The van der Waals surface area contributed by atoms with Crippen molar-refractivity contribution in [2.24, 2.45) is 5.73 Å². The monoisotopic (exact) mass is 271 g/mol. The quantitative estimate of drug-likeness (QED) is 0.743. The van der Waals surface area contributed by atoms with E-state index in [1.807, 2.05) is 0 Å². The molecule has 0 spiro atoms. The maximum absolute atomic E-state index is 11.6. The number of carboxylic acid groups (broad SMARTS) is 1. The van der Waals surface area contributed by atoms with Crippen LogP contribution in [-0.2, 0) is 0 Å². The van der Waals surface area contributed by atoms with Crippen LogP contribution in [0.3, 0.4) is 0 Å². The van der Waals surface area contributed by atoms with Gasteiger partial charge in [0, 0.05) is 5.69 Å². The van der Waals surface area contributed by atoms with Crippen LogP contribution in [0.4, 0.5) is 21.9 Å². The summed E-state index contributed by atoms with van der Waals surface area (Å²) in [4.78, 5) is 23.9. The van der Waals surface area contributed by atoms with Gasteiger partial charge in [-0.1, -0.05) is 18.2 Å². The summed E-state index contributed by atoms with van der Waals surface area (Å²) in [7, 11) is 0. The second-order valence-electron chi connectivity index (χ2n) is 4.09. The molecule has 6 nitrogen and oxygen atoms in total. The number of carbonyl (C=O) groups excluding carboxylic acids is 1. The Balaban J connectivity index is 2.54. The summed E-state index contributed by atoms with van der Waals surface area (Å²) in [5.74, 6) is -1.16. The fraction of sp³-hybridized carbons (Fsp3) is 0. The Kier molecular flexibility index (Phi) is 3.56. The van der Waals surface area contributed by atoms with Gasteiger partial charge in [0.05, 0.1) is 16.9 Å². The van der Waals surface area contributed by atoms with Crippen molar-refractivity contribution in [3.05, 3.63) is 54.1 Å². The highest BCUT2D eigenvalue weighted by Gasteiger charge is 2.17. The number of urea groups is 1. The van der Waals surface area contributed by atoms with Crippen LogP contribution in [0.15, 0.2) is 48.5 Å². The topological polar surface area (TPSA) is 110 Å². The Morgan fingerprint density at radius 2 is 1.65 bits per heavy atom. The van der Waals surface area contributed by atoms with Crippen molar-refractivity contribution in [3.63, 3.8) is 0 Å². The van der Waals surface area contributed by atoms with E-state index in [0.717, 1.165) is 0 Å². The minimum Gasteiger partial charge on any atom is -0.478 e. The average Bonchev–Trinajstić information content (AvgIpc) is 2.41. The number of hydrogen-bond donors (Lipinski definition) is 3. The van der Waals surface area contributed by atoms with E-state index >= 15 is 0 Å². The van der Waals surface area contributed by atoms with Gasteiger partial charge in [0.1, 0.15) is 0 Å². The van der Waals surface area contributed by atoms with Gasteiger partial charge < -0.3 is 16.6 Å². The summed E-state index contributed by atoms with van der Waals surface area (Å²) in [6.45, 7) is 0.